The van der Waals surface area contributed by atoms with Crippen LogP contribution in [0.5, 0.6) is 0 Å². The van der Waals surface area contributed by atoms with E-state index in [2.05, 4.69) is 0 Å². The summed E-state index contributed by atoms with van der Waals surface area (Å²) < 4.78 is 24.8. The van der Waals surface area contributed by atoms with Crippen LogP contribution in [0.3, 0.4) is 0 Å². The molecule has 2 aliphatic rings. The third kappa shape index (κ3) is 3.19. The van der Waals surface area contributed by atoms with Crippen molar-refractivity contribution in [1.29, 1.82) is 0 Å². The molecular formula is C13H22F2N2O. The van der Waals surface area contributed by atoms with E-state index >= 15 is 0 Å². The highest BCUT2D eigenvalue weighted by atomic mass is 19.3. The maximum atomic E-state index is 12.4. The zero-order valence-electron chi connectivity index (χ0n) is 10.7. The summed E-state index contributed by atoms with van der Waals surface area (Å²) in [7, 11) is 0. The zero-order valence-corrected chi connectivity index (χ0v) is 10.7. The average molecular weight is 260 g/mol. The van der Waals surface area contributed by atoms with Crippen molar-refractivity contribution in [2.45, 2.75) is 38.5 Å². The average Bonchev–Trinajstić information content (AvgIpc) is 2.89. The molecule has 0 aliphatic heterocycles. The minimum Gasteiger partial charge on any atom is -0.336 e. The number of halogens is 2. The summed E-state index contributed by atoms with van der Waals surface area (Å²) >= 11 is 0. The molecule has 3 nitrogen and oxygen atoms in total. The molecule has 2 aliphatic carbocycles. The molecule has 2 rings (SSSR count). The van der Waals surface area contributed by atoms with E-state index < -0.39 is 13.0 Å². The molecule has 0 saturated heterocycles. The normalized spacial score (nSPS) is 30.1. The molecule has 2 fully saturated rings. The highest BCUT2D eigenvalue weighted by Crippen LogP contribution is 2.49. The van der Waals surface area contributed by atoms with Crippen LogP contribution in [-0.2, 0) is 4.79 Å². The van der Waals surface area contributed by atoms with Gasteiger partial charge in [-0.3, -0.25) is 4.79 Å². The quantitative estimate of drug-likeness (QED) is 0.792. The van der Waals surface area contributed by atoms with Gasteiger partial charge < -0.3 is 10.6 Å². The molecule has 1 amide bonds. The van der Waals surface area contributed by atoms with Gasteiger partial charge in [0, 0.05) is 19.5 Å². The first-order valence-electron chi connectivity index (χ1n) is 6.86. The number of nitrogens with zero attached hydrogens (tertiary/aromatic N) is 1. The minimum atomic E-state index is -2.47. The Kier molecular flexibility index (Phi) is 4.54. The first-order chi connectivity index (χ1) is 8.60. The Balaban J connectivity index is 1.84. The number of amides is 1. The van der Waals surface area contributed by atoms with E-state index in [4.69, 9.17) is 5.73 Å². The molecule has 0 spiro atoms. The van der Waals surface area contributed by atoms with Crippen molar-refractivity contribution in [2.24, 2.45) is 23.5 Å². The number of alkyl halides is 2. The minimum absolute atomic E-state index is 0.140. The summed E-state index contributed by atoms with van der Waals surface area (Å²) in [5.74, 6) is 1.73. The van der Waals surface area contributed by atoms with Crippen molar-refractivity contribution in [3.8, 4) is 0 Å². The third-order valence-corrected chi connectivity index (χ3v) is 4.43. The van der Waals surface area contributed by atoms with Gasteiger partial charge in [0.1, 0.15) is 0 Å². The summed E-state index contributed by atoms with van der Waals surface area (Å²) in [6.07, 6.45) is 2.83. The lowest BCUT2D eigenvalue weighted by atomic mass is 9.86. The second kappa shape index (κ2) is 5.95. The maximum Gasteiger partial charge on any atom is 0.255 e. The first kappa shape index (κ1) is 13.7. The standard InChI is InChI=1S/C13H22F2N2O/c14-12(15)8-17(4-3-16)13(18)7-11-6-9-1-2-10(11)5-9/h9-12H,1-8,16H2. The van der Waals surface area contributed by atoms with Crippen LogP contribution < -0.4 is 5.73 Å². The molecular weight excluding hydrogens is 238 g/mol. The summed E-state index contributed by atoms with van der Waals surface area (Å²) in [5, 5.41) is 0. The second-order valence-corrected chi connectivity index (χ2v) is 5.66. The fraction of sp³-hybridized carbons (Fsp3) is 0.923. The lowest BCUT2D eigenvalue weighted by Gasteiger charge is -2.26. The fourth-order valence-electron chi connectivity index (χ4n) is 3.62. The lowest BCUT2D eigenvalue weighted by Crippen LogP contribution is -2.39. The van der Waals surface area contributed by atoms with Gasteiger partial charge in [0.05, 0.1) is 6.54 Å². The van der Waals surface area contributed by atoms with Crippen molar-refractivity contribution in [3.05, 3.63) is 0 Å². The molecule has 0 aromatic carbocycles. The van der Waals surface area contributed by atoms with E-state index in [1.54, 1.807) is 0 Å². The number of fused-ring (bicyclic) bond motifs is 2. The lowest BCUT2D eigenvalue weighted by molar-refractivity contribution is -0.134. The largest absolute Gasteiger partial charge is 0.336 e. The van der Waals surface area contributed by atoms with Gasteiger partial charge in [-0.05, 0) is 37.0 Å². The van der Waals surface area contributed by atoms with E-state index in [1.165, 1.54) is 24.2 Å². The third-order valence-electron chi connectivity index (χ3n) is 4.43. The Bertz CT molecular complexity index is 299. The van der Waals surface area contributed by atoms with Gasteiger partial charge >= 0.3 is 0 Å². The smallest absolute Gasteiger partial charge is 0.255 e. The van der Waals surface area contributed by atoms with Crippen molar-refractivity contribution in [1.82, 2.24) is 4.90 Å². The molecule has 0 aromatic heterocycles. The van der Waals surface area contributed by atoms with Crippen LogP contribution in [0, 0.1) is 17.8 Å². The van der Waals surface area contributed by atoms with Crippen molar-refractivity contribution in [3.63, 3.8) is 0 Å². The van der Waals surface area contributed by atoms with Crippen LogP contribution in [0.15, 0.2) is 0 Å². The van der Waals surface area contributed by atoms with Crippen molar-refractivity contribution >= 4 is 5.91 Å². The highest BCUT2D eigenvalue weighted by Gasteiger charge is 2.40. The Morgan fingerprint density at radius 2 is 2.11 bits per heavy atom. The highest BCUT2D eigenvalue weighted by molar-refractivity contribution is 5.76. The van der Waals surface area contributed by atoms with Crippen molar-refractivity contribution in [2.75, 3.05) is 19.6 Å². The van der Waals surface area contributed by atoms with Gasteiger partial charge in [-0.25, -0.2) is 8.78 Å². The summed E-state index contributed by atoms with van der Waals surface area (Å²) in [4.78, 5) is 13.3. The zero-order chi connectivity index (χ0) is 13.1. The molecule has 3 atom stereocenters. The molecule has 3 unspecified atom stereocenters. The van der Waals surface area contributed by atoms with Crippen LogP contribution in [0.2, 0.25) is 0 Å². The van der Waals surface area contributed by atoms with Gasteiger partial charge in [0.25, 0.3) is 6.43 Å². The predicted molar refractivity (Wildman–Crippen MR) is 65.2 cm³/mol. The predicted octanol–water partition coefficient (Wildman–Crippen LogP) is 1.87. The molecule has 18 heavy (non-hydrogen) atoms. The number of hydrogen-bond acceptors (Lipinski definition) is 2. The first-order valence-corrected chi connectivity index (χ1v) is 6.86. The number of carbonyl (C=O) groups is 1. The Labute approximate surface area is 107 Å². The second-order valence-electron chi connectivity index (χ2n) is 5.66. The van der Waals surface area contributed by atoms with E-state index in [0.29, 0.717) is 18.3 Å². The number of rotatable bonds is 6. The topological polar surface area (TPSA) is 46.3 Å². The molecule has 0 heterocycles. The molecule has 104 valence electrons. The van der Waals surface area contributed by atoms with Gasteiger partial charge in [0.15, 0.2) is 0 Å². The maximum absolute atomic E-state index is 12.4. The van der Waals surface area contributed by atoms with Crippen molar-refractivity contribution < 1.29 is 13.6 Å². The SMILES string of the molecule is NCCN(CC(F)F)C(=O)CC1CC2CCC1C2. The van der Waals surface area contributed by atoms with Crippen LogP contribution in [0.25, 0.3) is 0 Å². The van der Waals surface area contributed by atoms with E-state index in [0.717, 1.165) is 12.3 Å². The summed E-state index contributed by atoms with van der Waals surface area (Å²) in [5.41, 5.74) is 5.37. The van der Waals surface area contributed by atoms with Crippen LogP contribution in [-0.4, -0.2) is 36.9 Å². The fourth-order valence-corrected chi connectivity index (χ4v) is 3.62. The number of carbonyl (C=O) groups excluding carboxylic acids is 1. The molecule has 2 bridgehead atoms. The summed E-state index contributed by atoms with van der Waals surface area (Å²) in [6.45, 7) is 0.00994. The van der Waals surface area contributed by atoms with Gasteiger partial charge in [-0.1, -0.05) is 6.42 Å². The Morgan fingerprint density at radius 1 is 1.33 bits per heavy atom. The molecule has 2 saturated carbocycles. The van der Waals surface area contributed by atoms with E-state index in [1.807, 2.05) is 0 Å². The van der Waals surface area contributed by atoms with Crippen LogP contribution >= 0.6 is 0 Å². The van der Waals surface area contributed by atoms with Crippen LogP contribution in [0.4, 0.5) is 8.78 Å². The molecule has 5 heteroatoms. The van der Waals surface area contributed by atoms with Crippen LogP contribution in [0.1, 0.15) is 32.1 Å². The molecule has 2 N–H and O–H groups in total. The van der Waals surface area contributed by atoms with Gasteiger partial charge in [-0.2, -0.15) is 0 Å². The van der Waals surface area contributed by atoms with Gasteiger partial charge in [-0.15, -0.1) is 0 Å². The Hall–Kier alpha value is -0.710. The van der Waals surface area contributed by atoms with Gasteiger partial charge in [0.2, 0.25) is 5.91 Å². The van der Waals surface area contributed by atoms with E-state index in [9.17, 15) is 13.6 Å². The molecule has 0 radical (unpaired) electrons. The number of nitrogens with two attached hydrogens (primary N) is 1. The number of hydrogen-bond donors (Lipinski definition) is 1. The Morgan fingerprint density at radius 3 is 2.61 bits per heavy atom. The monoisotopic (exact) mass is 260 g/mol. The summed E-state index contributed by atoms with van der Waals surface area (Å²) in [6, 6.07) is 0. The van der Waals surface area contributed by atoms with E-state index in [-0.39, 0.29) is 19.0 Å². The molecule has 0 aromatic rings.